The Morgan fingerprint density at radius 3 is 2.91 bits per heavy atom. The van der Waals surface area contributed by atoms with Gasteiger partial charge in [0.15, 0.2) is 5.58 Å². The zero-order chi connectivity index (χ0) is 16.2. The summed E-state index contributed by atoms with van der Waals surface area (Å²) in [5.74, 6) is -0.376. The van der Waals surface area contributed by atoms with E-state index in [1.165, 1.54) is 17.8 Å². The van der Waals surface area contributed by atoms with Crippen LogP contribution in [0.4, 0.5) is 4.39 Å². The van der Waals surface area contributed by atoms with Crippen molar-refractivity contribution in [2.24, 2.45) is 0 Å². The number of ether oxygens (including phenoxy) is 1. The number of hydrogen-bond donors (Lipinski definition) is 0. The van der Waals surface area contributed by atoms with Crippen molar-refractivity contribution >= 4 is 28.7 Å². The molecule has 0 aliphatic carbocycles. The summed E-state index contributed by atoms with van der Waals surface area (Å²) in [5, 5.41) is 4.71. The first kappa shape index (κ1) is 15.6. The van der Waals surface area contributed by atoms with E-state index in [-0.39, 0.29) is 17.5 Å². The minimum absolute atomic E-state index is 0.230. The van der Waals surface area contributed by atoms with Gasteiger partial charge in [-0.25, -0.2) is 4.39 Å². The van der Waals surface area contributed by atoms with E-state index in [1.807, 2.05) is 12.1 Å². The van der Waals surface area contributed by atoms with E-state index in [0.717, 1.165) is 10.3 Å². The predicted molar refractivity (Wildman–Crippen MR) is 86.8 cm³/mol. The van der Waals surface area contributed by atoms with Crippen LogP contribution < -0.4 is 0 Å². The lowest BCUT2D eigenvalue weighted by atomic mass is 10.1. The summed E-state index contributed by atoms with van der Waals surface area (Å²) in [7, 11) is 0. The van der Waals surface area contributed by atoms with Crippen LogP contribution in [0.5, 0.6) is 0 Å². The number of fused-ring (bicyclic) bond motifs is 1. The van der Waals surface area contributed by atoms with E-state index in [0.29, 0.717) is 23.4 Å². The fourth-order valence-electron chi connectivity index (χ4n) is 2.20. The highest BCUT2D eigenvalue weighted by atomic mass is 32.2. The van der Waals surface area contributed by atoms with Crippen molar-refractivity contribution in [1.82, 2.24) is 5.16 Å². The first-order valence-electron chi connectivity index (χ1n) is 7.12. The topological polar surface area (TPSA) is 52.3 Å². The second-order valence-electron chi connectivity index (χ2n) is 4.76. The highest BCUT2D eigenvalue weighted by Gasteiger charge is 2.14. The molecule has 0 spiro atoms. The molecule has 0 saturated heterocycles. The number of aromatic nitrogens is 1. The molecule has 0 saturated carbocycles. The molecule has 0 aliphatic heterocycles. The standard InChI is InChI=1S/C17H14FNO3S/c1-2-21-16(20)10-23-11-7-8-13-15(9-11)22-19-17(13)12-5-3-4-6-14(12)18/h3-9H,2,10H2,1H3. The molecule has 1 aromatic heterocycles. The Hall–Kier alpha value is -2.34. The minimum Gasteiger partial charge on any atom is -0.465 e. The van der Waals surface area contributed by atoms with Gasteiger partial charge in [0.25, 0.3) is 0 Å². The SMILES string of the molecule is CCOC(=O)CSc1ccc2c(-c3ccccc3F)noc2c1. The highest BCUT2D eigenvalue weighted by Crippen LogP contribution is 2.32. The summed E-state index contributed by atoms with van der Waals surface area (Å²) in [6.07, 6.45) is 0. The van der Waals surface area contributed by atoms with Crippen LogP contribution in [0.25, 0.3) is 22.2 Å². The first-order chi connectivity index (χ1) is 11.2. The molecule has 3 rings (SSSR count). The molecule has 0 N–H and O–H groups in total. The van der Waals surface area contributed by atoms with Crippen LogP contribution in [-0.4, -0.2) is 23.5 Å². The van der Waals surface area contributed by atoms with Crippen molar-refractivity contribution in [2.75, 3.05) is 12.4 Å². The molecule has 0 bridgehead atoms. The third-order valence-electron chi connectivity index (χ3n) is 3.23. The van der Waals surface area contributed by atoms with Crippen LogP contribution in [0.15, 0.2) is 51.9 Å². The maximum Gasteiger partial charge on any atom is 0.316 e. The summed E-state index contributed by atoms with van der Waals surface area (Å²) in [6.45, 7) is 2.14. The van der Waals surface area contributed by atoms with E-state index >= 15 is 0 Å². The summed E-state index contributed by atoms with van der Waals surface area (Å²) in [5.41, 5.74) is 1.43. The molecule has 0 amide bonds. The second-order valence-corrected chi connectivity index (χ2v) is 5.81. The minimum atomic E-state index is -0.344. The summed E-state index contributed by atoms with van der Waals surface area (Å²) in [6, 6.07) is 11.9. The molecule has 0 fully saturated rings. The smallest absolute Gasteiger partial charge is 0.316 e. The lowest BCUT2D eigenvalue weighted by Crippen LogP contribution is -2.06. The monoisotopic (exact) mass is 331 g/mol. The average molecular weight is 331 g/mol. The summed E-state index contributed by atoms with van der Waals surface area (Å²) < 4.78 is 24.1. The Bertz CT molecular complexity index is 847. The third kappa shape index (κ3) is 3.37. The van der Waals surface area contributed by atoms with E-state index < -0.39 is 0 Å². The van der Waals surface area contributed by atoms with Gasteiger partial charge in [0.05, 0.1) is 12.4 Å². The largest absolute Gasteiger partial charge is 0.465 e. The van der Waals surface area contributed by atoms with E-state index in [1.54, 1.807) is 31.2 Å². The number of carbonyl (C=O) groups excluding carboxylic acids is 1. The molecule has 2 aromatic carbocycles. The number of carbonyl (C=O) groups is 1. The van der Waals surface area contributed by atoms with Gasteiger partial charge in [0.1, 0.15) is 11.5 Å². The molecule has 0 unspecified atom stereocenters. The van der Waals surface area contributed by atoms with Gasteiger partial charge in [-0.2, -0.15) is 0 Å². The van der Waals surface area contributed by atoms with Crippen LogP contribution >= 0.6 is 11.8 Å². The van der Waals surface area contributed by atoms with Crippen molar-refractivity contribution in [2.45, 2.75) is 11.8 Å². The van der Waals surface area contributed by atoms with Crippen LogP contribution in [0.2, 0.25) is 0 Å². The van der Waals surface area contributed by atoms with Crippen molar-refractivity contribution < 1.29 is 18.4 Å². The Kier molecular flexibility index (Phi) is 4.62. The Morgan fingerprint density at radius 1 is 1.30 bits per heavy atom. The van der Waals surface area contributed by atoms with Gasteiger partial charge in [-0.05, 0) is 37.3 Å². The summed E-state index contributed by atoms with van der Waals surface area (Å²) in [4.78, 5) is 12.2. The molecule has 0 radical (unpaired) electrons. The lowest BCUT2D eigenvalue weighted by Gasteiger charge is -2.02. The quantitative estimate of drug-likeness (QED) is 0.516. The van der Waals surface area contributed by atoms with Gasteiger partial charge < -0.3 is 9.26 Å². The molecule has 6 heteroatoms. The molecule has 118 valence electrons. The van der Waals surface area contributed by atoms with Crippen LogP contribution in [0, 0.1) is 5.82 Å². The number of nitrogens with zero attached hydrogens (tertiary/aromatic N) is 1. The van der Waals surface area contributed by atoms with Crippen LogP contribution in [0.3, 0.4) is 0 Å². The number of halogens is 1. The van der Waals surface area contributed by atoms with Gasteiger partial charge in [0, 0.05) is 15.8 Å². The Labute approximate surface area is 136 Å². The van der Waals surface area contributed by atoms with Gasteiger partial charge in [0.2, 0.25) is 0 Å². The average Bonchev–Trinajstić information content (AvgIpc) is 2.97. The normalized spacial score (nSPS) is 10.9. The molecule has 23 heavy (non-hydrogen) atoms. The number of rotatable bonds is 5. The van der Waals surface area contributed by atoms with E-state index in [2.05, 4.69) is 5.16 Å². The molecule has 3 aromatic rings. The maximum atomic E-state index is 13.9. The number of benzene rings is 2. The van der Waals surface area contributed by atoms with Crippen LogP contribution in [-0.2, 0) is 9.53 Å². The zero-order valence-corrected chi connectivity index (χ0v) is 13.2. The second kappa shape index (κ2) is 6.83. The fourth-order valence-corrected chi connectivity index (χ4v) is 2.92. The number of hydrogen-bond acceptors (Lipinski definition) is 5. The van der Waals surface area contributed by atoms with Crippen LogP contribution in [0.1, 0.15) is 6.92 Å². The molecular weight excluding hydrogens is 317 g/mol. The van der Waals surface area contributed by atoms with E-state index in [4.69, 9.17) is 9.26 Å². The van der Waals surface area contributed by atoms with Crippen molar-refractivity contribution in [3.63, 3.8) is 0 Å². The molecule has 0 atom stereocenters. The first-order valence-corrected chi connectivity index (χ1v) is 8.10. The lowest BCUT2D eigenvalue weighted by molar-refractivity contribution is -0.139. The van der Waals surface area contributed by atoms with Crippen molar-refractivity contribution in [3.05, 3.63) is 48.3 Å². The van der Waals surface area contributed by atoms with Gasteiger partial charge in [-0.3, -0.25) is 4.79 Å². The van der Waals surface area contributed by atoms with E-state index in [9.17, 15) is 9.18 Å². The zero-order valence-electron chi connectivity index (χ0n) is 12.4. The van der Waals surface area contributed by atoms with Crippen molar-refractivity contribution in [3.8, 4) is 11.3 Å². The predicted octanol–water partition coefficient (Wildman–Crippen LogP) is 4.29. The van der Waals surface area contributed by atoms with Gasteiger partial charge in [-0.1, -0.05) is 17.3 Å². The molecule has 4 nitrogen and oxygen atoms in total. The molecule has 0 aliphatic rings. The number of thioether (sulfide) groups is 1. The Balaban J connectivity index is 1.86. The Morgan fingerprint density at radius 2 is 2.13 bits per heavy atom. The number of esters is 1. The maximum absolute atomic E-state index is 13.9. The molecule has 1 heterocycles. The molecular formula is C17H14FNO3S. The van der Waals surface area contributed by atoms with Crippen molar-refractivity contribution in [1.29, 1.82) is 0 Å². The third-order valence-corrected chi connectivity index (χ3v) is 4.20. The fraction of sp³-hybridized carbons (Fsp3) is 0.176. The highest BCUT2D eigenvalue weighted by molar-refractivity contribution is 8.00. The van der Waals surface area contributed by atoms with Gasteiger partial charge in [-0.15, -0.1) is 11.8 Å². The van der Waals surface area contributed by atoms with Gasteiger partial charge >= 0.3 is 5.97 Å². The summed E-state index contributed by atoms with van der Waals surface area (Å²) >= 11 is 1.36.